The van der Waals surface area contributed by atoms with Gasteiger partial charge in [-0.1, -0.05) is 181 Å². The first-order valence-corrected chi connectivity index (χ1v) is 25.4. The molecule has 0 saturated heterocycles. The van der Waals surface area contributed by atoms with Crippen LogP contribution in [0, 0.1) is 13.8 Å². The van der Waals surface area contributed by atoms with Crippen LogP contribution in [0.3, 0.4) is 0 Å². The summed E-state index contributed by atoms with van der Waals surface area (Å²) in [6, 6.07) is 72.5. The lowest BCUT2D eigenvalue weighted by Crippen LogP contribution is -2.27. The third-order valence-corrected chi connectivity index (χ3v) is 15.5. The zero-order chi connectivity index (χ0) is 49.3. The largest absolute Gasteiger partial charge is 0.455 e. The molecule has 0 amide bonds. The molecule has 2 aliphatic rings. The summed E-state index contributed by atoms with van der Waals surface area (Å²) in [6.07, 6.45) is 1.98. The highest BCUT2D eigenvalue weighted by atomic mass is 16.3. The van der Waals surface area contributed by atoms with E-state index in [1.54, 1.807) is 0 Å². The lowest BCUT2D eigenvalue weighted by atomic mass is 9.70. The van der Waals surface area contributed by atoms with Crippen LogP contribution in [0.4, 0.5) is 34.3 Å². The Morgan fingerprint density at radius 1 is 0.431 bits per heavy atom. The zero-order valence-corrected chi connectivity index (χ0v) is 42.3. The number of aromatic nitrogens is 1. The number of pyridine rings is 1. The van der Waals surface area contributed by atoms with Crippen LogP contribution in [0.5, 0.6) is 0 Å². The maximum Gasteiger partial charge on any atom is 0.145 e. The van der Waals surface area contributed by atoms with Crippen LogP contribution in [-0.4, -0.2) is 4.98 Å². The predicted octanol–water partition coefficient (Wildman–Crippen LogP) is 18.6. The van der Waals surface area contributed by atoms with Crippen molar-refractivity contribution in [1.29, 1.82) is 0 Å². The number of rotatable bonds is 6. The monoisotopic (exact) mass is 931 g/mol. The molecule has 0 radical (unpaired) electrons. The van der Waals surface area contributed by atoms with E-state index in [1.165, 1.54) is 61.0 Å². The average Bonchev–Trinajstić information content (AvgIpc) is 4.02. The van der Waals surface area contributed by atoms with Crippen molar-refractivity contribution in [2.24, 2.45) is 0 Å². The first-order valence-electron chi connectivity index (χ1n) is 25.4. The standard InChI is InChI=1S/C68H57N3O/c1-42-25-32-46(33-26-42)70(47-34-28-44(29-35-47)66(3,4)5)58-39-56-62(52-20-10-9-19-51(52)58)64-57(68(56)54-22-14-11-17-49(54)50-18-12-15-23-55(50)68)40-59(63-53-21-13-16-24-60(53)72-65(63)64)71(61-38-27-43(2)41-69-61)48-36-30-45(31-37-48)67(6,7)8/h9-41H,1-8H3. The van der Waals surface area contributed by atoms with Crippen molar-refractivity contribution in [3.05, 3.63) is 245 Å². The van der Waals surface area contributed by atoms with Crippen molar-refractivity contribution in [3.8, 4) is 22.3 Å². The molecule has 0 N–H and O–H groups in total. The average molecular weight is 932 g/mol. The number of fused-ring (bicyclic) bond motifs is 16. The van der Waals surface area contributed by atoms with E-state index in [0.29, 0.717) is 0 Å². The molecule has 11 aromatic rings. The predicted molar refractivity (Wildman–Crippen MR) is 302 cm³/mol. The van der Waals surface area contributed by atoms with Crippen LogP contribution in [0.2, 0.25) is 0 Å². The number of para-hydroxylation sites is 1. The van der Waals surface area contributed by atoms with Gasteiger partial charge in [0.15, 0.2) is 0 Å². The fourth-order valence-corrected chi connectivity index (χ4v) is 12.0. The van der Waals surface area contributed by atoms with Crippen molar-refractivity contribution in [2.75, 3.05) is 9.80 Å². The van der Waals surface area contributed by atoms with Gasteiger partial charge < -0.3 is 9.32 Å². The van der Waals surface area contributed by atoms with E-state index >= 15 is 0 Å². The van der Waals surface area contributed by atoms with Crippen LogP contribution in [0.15, 0.2) is 205 Å². The number of anilines is 6. The highest BCUT2D eigenvalue weighted by Crippen LogP contribution is 2.67. The van der Waals surface area contributed by atoms with Crippen molar-refractivity contribution in [2.45, 2.75) is 71.6 Å². The Morgan fingerprint density at radius 3 is 1.50 bits per heavy atom. The molecule has 9 aromatic carbocycles. The second-order valence-electron chi connectivity index (χ2n) is 22.1. The highest BCUT2D eigenvalue weighted by molar-refractivity contribution is 6.23. The summed E-state index contributed by atoms with van der Waals surface area (Å²) >= 11 is 0. The SMILES string of the molecule is Cc1ccc(N(c2ccc(C(C)(C)C)cc2)c2cc3c(c4ccccc24)-c2c(cc(N(c4ccc(C(C)(C)C)cc4)c4ccc(C)cn4)c4c2oc2ccccc24)C32c3ccccc3-c3ccccc32)cc1. The number of hydrogen-bond donors (Lipinski definition) is 0. The maximum atomic E-state index is 7.43. The summed E-state index contributed by atoms with van der Waals surface area (Å²) in [7, 11) is 0. The highest BCUT2D eigenvalue weighted by Gasteiger charge is 2.54. The molecule has 0 saturated carbocycles. The summed E-state index contributed by atoms with van der Waals surface area (Å²) in [6.45, 7) is 17.9. The number of hydrogen-bond acceptors (Lipinski definition) is 4. The quantitative estimate of drug-likeness (QED) is 0.166. The Morgan fingerprint density at radius 2 is 0.917 bits per heavy atom. The Bertz CT molecular complexity index is 3890. The molecule has 4 nitrogen and oxygen atoms in total. The smallest absolute Gasteiger partial charge is 0.145 e. The molecule has 0 fully saturated rings. The summed E-state index contributed by atoms with van der Waals surface area (Å²) in [5, 5.41) is 4.46. The van der Waals surface area contributed by atoms with Crippen LogP contribution in [-0.2, 0) is 16.2 Å². The van der Waals surface area contributed by atoms with Crippen LogP contribution in [0.25, 0.3) is 55.0 Å². The number of benzene rings is 9. The van der Waals surface area contributed by atoms with Crippen molar-refractivity contribution < 1.29 is 4.42 Å². The van der Waals surface area contributed by atoms with Gasteiger partial charge in [0.2, 0.25) is 0 Å². The van der Waals surface area contributed by atoms with Gasteiger partial charge in [-0.05, 0) is 146 Å². The van der Waals surface area contributed by atoms with Crippen molar-refractivity contribution >= 4 is 67.0 Å². The van der Waals surface area contributed by atoms with Gasteiger partial charge in [0, 0.05) is 39.6 Å². The number of nitrogens with zero attached hydrogens (tertiary/aromatic N) is 3. The second kappa shape index (κ2) is 15.9. The zero-order valence-electron chi connectivity index (χ0n) is 42.3. The number of furan rings is 1. The van der Waals surface area contributed by atoms with Gasteiger partial charge in [0.25, 0.3) is 0 Å². The van der Waals surface area contributed by atoms with E-state index in [9.17, 15) is 0 Å². The minimum atomic E-state index is -0.740. The summed E-state index contributed by atoms with van der Waals surface area (Å²) < 4.78 is 7.43. The van der Waals surface area contributed by atoms with Crippen LogP contribution < -0.4 is 9.80 Å². The van der Waals surface area contributed by atoms with E-state index in [2.05, 4.69) is 259 Å². The Hall–Kier alpha value is -8.21. The van der Waals surface area contributed by atoms with E-state index < -0.39 is 5.41 Å². The fraction of sp³-hybridized carbons (Fsp3) is 0.162. The topological polar surface area (TPSA) is 32.5 Å². The lowest BCUT2D eigenvalue weighted by molar-refractivity contribution is 0.590. The van der Waals surface area contributed by atoms with Crippen molar-refractivity contribution in [3.63, 3.8) is 0 Å². The minimum absolute atomic E-state index is 0.0106. The summed E-state index contributed by atoms with van der Waals surface area (Å²) in [5.74, 6) is 0.839. The molecule has 0 aliphatic heterocycles. The Labute approximate surface area is 422 Å². The number of aryl methyl sites for hydroxylation is 2. The second-order valence-corrected chi connectivity index (χ2v) is 22.1. The normalized spacial score (nSPS) is 13.4. The van der Waals surface area contributed by atoms with Gasteiger partial charge in [-0.15, -0.1) is 0 Å². The molecule has 0 atom stereocenters. The molecule has 4 heteroatoms. The Balaban J connectivity index is 1.20. The van der Waals surface area contributed by atoms with Crippen LogP contribution in [0.1, 0.15) is 86.1 Å². The van der Waals surface area contributed by atoms with E-state index in [1.807, 2.05) is 6.20 Å². The first kappa shape index (κ1) is 43.8. The molecule has 2 aromatic heterocycles. The summed E-state index contributed by atoms with van der Waals surface area (Å²) in [5.41, 5.74) is 21.0. The maximum absolute atomic E-state index is 7.43. The van der Waals surface area contributed by atoms with Gasteiger partial charge >= 0.3 is 0 Å². The molecule has 0 unspecified atom stereocenters. The van der Waals surface area contributed by atoms with E-state index in [0.717, 1.165) is 72.7 Å². The van der Waals surface area contributed by atoms with Gasteiger partial charge in [0.05, 0.1) is 22.2 Å². The van der Waals surface area contributed by atoms with Crippen molar-refractivity contribution in [1.82, 2.24) is 4.98 Å². The molecular weight excluding hydrogens is 875 g/mol. The molecule has 0 bridgehead atoms. The molecule has 350 valence electrons. The van der Waals surface area contributed by atoms with Gasteiger partial charge in [-0.3, -0.25) is 4.90 Å². The lowest BCUT2D eigenvalue weighted by Gasteiger charge is -2.34. The Kier molecular flexibility index (Phi) is 9.67. The van der Waals surface area contributed by atoms with Crippen LogP contribution >= 0.6 is 0 Å². The van der Waals surface area contributed by atoms with Gasteiger partial charge in [-0.2, -0.15) is 0 Å². The molecule has 13 rings (SSSR count). The minimum Gasteiger partial charge on any atom is -0.455 e. The van der Waals surface area contributed by atoms with E-state index in [4.69, 9.17) is 9.40 Å². The van der Waals surface area contributed by atoms with E-state index in [-0.39, 0.29) is 10.8 Å². The molecule has 1 spiro atoms. The third-order valence-electron chi connectivity index (χ3n) is 15.5. The van der Waals surface area contributed by atoms with Gasteiger partial charge in [0.1, 0.15) is 17.0 Å². The first-order chi connectivity index (χ1) is 34.8. The molecule has 2 aliphatic carbocycles. The van der Waals surface area contributed by atoms with Gasteiger partial charge in [-0.25, -0.2) is 4.98 Å². The molecular formula is C68H57N3O. The fourth-order valence-electron chi connectivity index (χ4n) is 12.0. The summed E-state index contributed by atoms with van der Waals surface area (Å²) in [4.78, 5) is 10.1. The molecule has 72 heavy (non-hydrogen) atoms. The molecule has 2 heterocycles. The third kappa shape index (κ3) is 6.47.